The summed E-state index contributed by atoms with van der Waals surface area (Å²) in [5, 5.41) is 6.28. The number of thiocarbonyl (C=S) groups is 1. The molecule has 1 aromatic heterocycles. The zero-order valence-corrected chi connectivity index (χ0v) is 18.8. The summed E-state index contributed by atoms with van der Waals surface area (Å²) in [7, 11) is 0. The number of aryl methyl sites for hydroxylation is 3. The van der Waals surface area contributed by atoms with Crippen molar-refractivity contribution < 1.29 is 9.21 Å². The molecule has 156 valence electrons. The Kier molecular flexibility index (Phi) is 5.76. The predicted molar refractivity (Wildman–Crippen MR) is 129 cm³/mol. The standard InChI is InChI=1S/C24H20ClN3O2S/c1-13-8-9-16(23-26-20-10-14(2)15(3)11-21(20)30-23)12-19(13)27-24(31)28-22(29)17-6-4-5-7-18(17)25/h4-12H,1-3H3,(H2,27,28,29,31). The van der Waals surface area contributed by atoms with E-state index in [1.807, 2.05) is 44.2 Å². The predicted octanol–water partition coefficient (Wildman–Crippen LogP) is 6.20. The molecule has 0 fully saturated rings. The molecule has 0 unspecified atom stereocenters. The minimum atomic E-state index is -0.374. The summed E-state index contributed by atoms with van der Waals surface area (Å²) in [5.74, 6) is 0.149. The van der Waals surface area contributed by atoms with Crippen LogP contribution in [0.5, 0.6) is 0 Å². The van der Waals surface area contributed by atoms with Crippen LogP contribution in [-0.2, 0) is 0 Å². The Morgan fingerprint density at radius 3 is 2.52 bits per heavy atom. The van der Waals surface area contributed by atoms with E-state index in [0.717, 1.165) is 33.5 Å². The van der Waals surface area contributed by atoms with Gasteiger partial charge in [0.2, 0.25) is 5.89 Å². The van der Waals surface area contributed by atoms with Gasteiger partial charge in [-0.05, 0) is 86.1 Å². The van der Waals surface area contributed by atoms with Crippen LogP contribution in [0.15, 0.2) is 59.0 Å². The smallest absolute Gasteiger partial charge is 0.258 e. The third-order valence-electron chi connectivity index (χ3n) is 5.08. The highest BCUT2D eigenvalue weighted by atomic mass is 35.5. The van der Waals surface area contributed by atoms with Crippen LogP contribution in [0.2, 0.25) is 5.02 Å². The van der Waals surface area contributed by atoms with Crippen LogP contribution >= 0.6 is 23.8 Å². The second-order valence-corrected chi connectivity index (χ2v) is 8.16. The van der Waals surface area contributed by atoms with E-state index in [0.29, 0.717) is 16.5 Å². The van der Waals surface area contributed by atoms with Gasteiger partial charge in [0.25, 0.3) is 5.91 Å². The van der Waals surface area contributed by atoms with E-state index in [1.54, 1.807) is 24.3 Å². The fraction of sp³-hybridized carbons (Fsp3) is 0.125. The second kappa shape index (κ2) is 8.49. The molecule has 0 aliphatic rings. The van der Waals surface area contributed by atoms with Crippen molar-refractivity contribution in [3.63, 3.8) is 0 Å². The number of benzene rings is 3. The van der Waals surface area contributed by atoms with E-state index in [2.05, 4.69) is 22.5 Å². The average Bonchev–Trinajstić information content (AvgIpc) is 3.12. The van der Waals surface area contributed by atoms with Gasteiger partial charge < -0.3 is 9.73 Å². The summed E-state index contributed by atoms with van der Waals surface area (Å²) in [6, 6.07) is 16.6. The van der Waals surface area contributed by atoms with Gasteiger partial charge in [-0.3, -0.25) is 10.1 Å². The van der Waals surface area contributed by atoms with Crippen molar-refractivity contribution in [2.45, 2.75) is 20.8 Å². The maximum atomic E-state index is 12.4. The average molecular weight is 450 g/mol. The van der Waals surface area contributed by atoms with Crippen LogP contribution in [0.4, 0.5) is 5.69 Å². The monoisotopic (exact) mass is 449 g/mol. The molecule has 0 bridgehead atoms. The summed E-state index contributed by atoms with van der Waals surface area (Å²) in [6.45, 7) is 6.04. The van der Waals surface area contributed by atoms with E-state index in [4.69, 9.17) is 28.2 Å². The molecule has 4 rings (SSSR count). The van der Waals surface area contributed by atoms with Crippen molar-refractivity contribution in [3.05, 3.63) is 81.9 Å². The topological polar surface area (TPSA) is 67.2 Å². The molecule has 0 saturated heterocycles. The van der Waals surface area contributed by atoms with E-state index in [1.165, 1.54) is 5.56 Å². The van der Waals surface area contributed by atoms with Gasteiger partial charge in [-0.15, -0.1) is 0 Å². The van der Waals surface area contributed by atoms with Crippen LogP contribution in [-0.4, -0.2) is 16.0 Å². The van der Waals surface area contributed by atoms with E-state index >= 15 is 0 Å². The molecule has 2 N–H and O–H groups in total. The highest BCUT2D eigenvalue weighted by Gasteiger charge is 2.14. The Bertz CT molecular complexity index is 1290. The molecule has 0 spiro atoms. The quantitative estimate of drug-likeness (QED) is 0.364. The molecule has 7 heteroatoms. The van der Waals surface area contributed by atoms with Crippen LogP contribution in [0.1, 0.15) is 27.0 Å². The number of nitrogens with one attached hydrogen (secondary N) is 2. The molecular formula is C24H20ClN3O2S. The lowest BCUT2D eigenvalue weighted by Gasteiger charge is -2.13. The van der Waals surface area contributed by atoms with Crippen LogP contribution in [0.3, 0.4) is 0 Å². The molecule has 31 heavy (non-hydrogen) atoms. The largest absolute Gasteiger partial charge is 0.436 e. The third-order valence-corrected chi connectivity index (χ3v) is 5.62. The lowest BCUT2D eigenvalue weighted by molar-refractivity contribution is 0.0978. The number of aromatic nitrogens is 1. The molecule has 3 aromatic carbocycles. The number of oxazole rings is 1. The van der Waals surface area contributed by atoms with Crippen molar-refractivity contribution >= 4 is 51.6 Å². The number of fused-ring (bicyclic) bond motifs is 1. The van der Waals surface area contributed by atoms with E-state index in [-0.39, 0.29) is 11.0 Å². The Morgan fingerprint density at radius 1 is 1.00 bits per heavy atom. The third kappa shape index (κ3) is 4.45. The zero-order chi connectivity index (χ0) is 22.1. The summed E-state index contributed by atoms with van der Waals surface area (Å²) in [5.41, 5.74) is 6.75. The number of halogens is 1. The lowest BCUT2D eigenvalue weighted by Crippen LogP contribution is -2.34. The summed E-state index contributed by atoms with van der Waals surface area (Å²) >= 11 is 11.4. The fourth-order valence-corrected chi connectivity index (χ4v) is 3.59. The van der Waals surface area contributed by atoms with Gasteiger partial charge >= 0.3 is 0 Å². The van der Waals surface area contributed by atoms with Gasteiger partial charge in [-0.25, -0.2) is 4.98 Å². The highest BCUT2D eigenvalue weighted by Crippen LogP contribution is 2.29. The van der Waals surface area contributed by atoms with Crippen LogP contribution in [0, 0.1) is 20.8 Å². The number of amides is 1. The lowest BCUT2D eigenvalue weighted by atomic mass is 10.1. The van der Waals surface area contributed by atoms with Gasteiger partial charge in [0.1, 0.15) is 5.52 Å². The Balaban J connectivity index is 1.56. The number of anilines is 1. The number of rotatable bonds is 3. The number of hydrogen-bond acceptors (Lipinski definition) is 4. The number of carbonyl (C=O) groups is 1. The molecule has 1 amide bonds. The first-order valence-electron chi connectivity index (χ1n) is 9.67. The van der Waals surface area contributed by atoms with Crippen molar-refractivity contribution in [1.29, 1.82) is 0 Å². The minimum Gasteiger partial charge on any atom is -0.436 e. The maximum Gasteiger partial charge on any atom is 0.258 e. The molecular weight excluding hydrogens is 430 g/mol. The first-order valence-corrected chi connectivity index (χ1v) is 10.5. The number of carbonyl (C=O) groups excluding carboxylic acids is 1. The molecule has 4 aromatic rings. The van der Waals surface area contributed by atoms with Crippen molar-refractivity contribution in [2.75, 3.05) is 5.32 Å². The molecule has 0 saturated carbocycles. The molecule has 5 nitrogen and oxygen atoms in total. The van der Waals surface area contributed by atoms with Gasteiger partial charge in [0.05, 0.1) is 10.6 Å². The molecule has 0 radical (unpaired) electrons. The second-order valence-electron chi connectivity index (χ2n) is 7.34. The number of nitrogens with zero attached hydrogens (tertiary/aromatic N) is 1. The van der Waals surface area contributed by atoms with Crippen LogP contribution in [0.25, 0.3) is 22.6 Å². The first kappa shape index (κ1) is 21.0. The normalized spacial score (nSPS) is 10.8. The Hall–Kier alpha value is -3.22. The maximum absolute atomic E-state index is 12.4. The Morgan fingerprint density at radius 2 is 1.74 bits per heavy atom. The first-order chi connectivity index (χ1) is 14.8. The summed E-state index contributed by atoms with van der Waals surface area (Å²) in [6.07, 6.45) is 0. The van der Waals surface area contributed by atoms with Gasteiger partial charge in [0, 0.05) is 11.3 Å². The molecule has 1 heterocycles. The summed E-state index contributed by atoms with van der Waals surface area (Å²) < 4.78 is 5.97. The van der Waals surface area contributed by atoms with Gasteiger partial charge in [-0.2, -0.15) is 0 Å². The Labute approximate surface area is 190 Å². The van der Waals surface area contributed by atoms with Gasteiger partial charge in [-0.1, -0.05) is 29.8 Å². The van der Waals surface area contributed by atoms with E-state index < -0.39 is 0 Å². The fourth-order valence-electron chi connectivity index (χ4n) is 3.16. The van der Waals surface area contributed by atoms with Crippen LogP contribution < -0.4 is 10.6 Å². The molecule has 0 atom stereocenters. The van der Waals surface area contributed by atoms with E-state index in [9.17, 15) is 4.79 Å². The minimum absolute atomic E-state index is 0.175. The van der Waals surface area contributed by atoms with Crippen molar-refractivity contribution in [2.24, 2.45) is 0 Å². The number of hydrogen-bond donors (Lipinski definition) is 2. The van der Waals surface area contributed by atoms with Gasteiger partial charge in [0.15, 0.2) is 10.7 Å². The summed E-state index contributed by atoms with van der Waals surface area (Å²) in [4.78, 5) is 17.1. The molecule has 0 aliphatic carbocycles. The zero-order valence-electron chi connectivity index (χ0n) is 17.2. The SMILES string of the molecule is Cc1cc2nc(-c3ccc(C)c(NC(=S)NC(=O)c4ccccc4Cl)c3)oc2cc1C. The highest BCUT2D eigenvalue weighted by molar-refractivity contribution is 7.80. The van der Waals surface area contributed by atoms with Crippen molar-refractivity contribution in [3.8, 4) is 11.5 Å². The molecule has 0 aliphatic heterocycles. The van der Waals surface area contributed by atoms with Crippen molar-refractivity contribution in [1.82, 2.24) is 10.3 Å².